The van der Waals surface area contributed by atoms with E-state index in [-0.39, 0.29) is 12.4 Å². The van der Waals surface area contributed by atoms with Crippen LogP contribution < -0.4 is 4.90 Å². The second-order valence-corrected chi connectivity index (χ2v) is 7.92. The first-order chi connectivity index (χ1) is 14.3. The van der Waals surface area contributed by atoms with Crippen molar-refractivity contribution in [2.75, 3.05) is 32.1 Å². The molecule has 5 rings (SSSR count). The van der Waals surface area contributed by atoms with Crippen LogP contribution in [0.25, 0.3) is 0 Å². The maximum Gasteiger partial charge on any atom is 0.247 e. The number of nitrogens with zero attached hydrogens (tertiary/aromatic N) is 5. The predicted molar refractivity (Wildman–Crippen MR) is 110 cm³/mol. The smallest absolute Gasteiger partial charge is 0.247 e. The molecule has 30 heavy (non-hydrogen) atoms. The average molecular weight is 414 g/mol. The highest BCUT2D eigenvalue weighted by molar-refractivity contribution is 6.06. The number of carbonyl (C=O) groups is 1. The van der Waals surface area contributed by atoms with E-state index in [1.54, 1.807) is 41.6 Å². The third kappa shape index (κ3) is 2.74. The van der Waals surface area contributed by atoms with Crippen LogP contribution in [-0.2, 0) is 0 Å². The zero-order valence-corrected chi connectivity index (χ0v) is 17.4. The van der Waals surface area contributed by atoms with Crippen LogP contribution in [-0.4, -0.2) is 80.0 Å². The summed E-state index contributed by atoms with van der Waals surface area (Å²) < 4.78 is -0.668. The first-order valence-electron chi connectivity index (χ1n) is 9.99. The molecule has 2 atom stereocenters. The van der Waals surface area contributed by atoms with Gasteiger partial charge in [0.15, 0.2) is 5.54 Å². The van der Waals surface area contributed by atoms with Gasteiger partial charge in [0.1, 0.15) is 0 Å². The van der Waals surface area contributed by atoms with Crippen molar-refractivity contribution in [1.82, 2.24) is 15.0 Å². The fourth-order valence-electron chi connectivity index (χ4n) is 4.30. The molecule has 0 saturated carbocycles. The molecule has 1 aromatic carbocycles. The molecule has 4 aliphatic rings. The maximum absolute atomic E-state index is 13.8. The average Bonchev–Trinajstić information content (AvgIpc) is 3.11. The van der Waals surface area contributed by atoms with Crippen LogP contribution in [0.5, 0.6) is 0 Å². The lowest BCUT2D eigenvalue weighted by Crippen LogP contribution is -2.68. The van der Waals surface area contributed by atoms with E-state index in [0.717, 1.165) is 10.8 Å². The van der Waals surface area contributed by atoms with E-state index in [0.29, 0.717) is 24.4 Å². The number of rotatable bonds is 7. The molecule has 4 aliphatic heterocycles. The summed E-state index contributed by atoms with van der Waals surface area (Å²) in [6, 6.07) is 7.27. The van der Waals surface area contributed by atoms with Gasteiger partial charge in [-0.15, -0.1) is 5.01 Å². The van der Waals surface area contributed by atoms with Crippen molar-refractivity contribution >= 4 is 11.5 Å². The van der Waals surface area contributed by atoms with Crippen molar-refractivity contribution in [3.63, 3.8) is 0 Å². The number of aliphatic hydroxyl groups excluding tert-OH is 1. The summed E-state index contributed by atoms with van der Waals surface area (Å²) >= 11 is 0. The summed E-state index contributed by atoms with van der Waals surface area (Å²) in [7, 11) is 3.86. The monoisotopic (exact) mass is 414 g/mol. The Hall–Kier alpha value is -2.85. The van der Waals surface area contributed by atoms with Gasteiger partial charge in [0.2, 0.25) is 24.0 Å². The number of hydroxylamine groups is 4. The van der Waals surface area contributed by atoms with Crippen molar-refractivity contribution in [2.45, 2.75) is 25.0 Å². The molecular weight excluding hydrogens is 386 g/mol. The van der Waals surface area contributed by atoms with Crippen molar-refractivity contribution in [3.8, 4) is 0 Å². The molecule has 9 heteroatoms. The van der Waals surface area contributed by atoms with Crippen LogP contribution in [0.3, 0.4) is 0 Å². The molecule has 9 nitrogen and oxygen atoms in total. The largest absolute Gasteiger partial charge is 0.395 e. The van der Waals surface area contributed by atoms with Gasteiger partial charge >= 0.3 is 0 Å². The summed E-state index contributed by atoms with van der Waals surface area (Å²) in [5.41, 5.74) is 0.135. The molecule has 4 heterocycles. The molecule has 0 aromatic heterocycles. The van der Waals surface area contributed by atoms with Gasteiger partial charge < -0.3 is 14.9 Å². The lowest BCUT2D eigenvalue weighted by molar-refractivity contribution is -1.17. The normalized spacial score (nSPS) is 26.0. The number of hydrogen-bond donors (Lipinski definition) is 3. The third-order valence-electron chi connectivity index (χ3n) is 5.92. The highest BCUT2D eigenvalue weighted by Crippen LogP contribution is 2.50. The number of Topliss-reactive ketones (excluding diaryl/α,β-unsaturated/α-hetero) is 1. The zero-order valence-electron chi connectivity index (χ0n) is 17.4. The standard InChI is InChI=1S/C21H28N5O4/c1-4-19-24(29)18-15-26(19,30)25(18)21(9-11-23(12-10-21)13-14-27)20(28)16-5-7-17(8-6-16)22(2)3/h5-12,15,19,27,29-30H,4,13-14H2,1-3H3/q+1. The van der Waals surface area contributed by atoms with Gasteiger partial charge in [0.05, 0.1) is 6.61 Å². The number of fused-ring (bicyclic) bond motifs is 1. The Bertz CT molecular complexity index is 912. The van der Waals surface area contributed by atoms with Crippen molar-refractivity contribution in [2.24, 2.45) is 0 Å². The van der Waals surface area contributed by atoms with E-state index >= 15 is 0 Å². The Labute approximate surface area is 175 Å². The first-order valence-corrected chi connectivity index (χ1v) is 9.99. The number of anilines is 1. The third-order valence-corrected chi connectivity index (χ3v) is 5.92. The number of hydrogen-bond acceptors (Lipinski definition) is 8. The van der Waals surface area contributed by atoms with Gasteiger partial charge in [0, 0.05) is 50.7 Å². The fourth-order valence-corrected chi connectivity index (χ4v) is 4.30. The van der Waals surface area contributed by atoms with E-state index in [2.05, 4.69) is 0 Å². The Morgan fingerprint density at radius 1 is 1.20 bits per heavy atom. The van der Waals surface area contributed by atoms with Crippen molar-refractivity contribution < 1.29 is 25.1 Å². The van der Waals surface area contributed by atoms with Gasteiger partial charge in [-0.25, -0.2) is 0 Å². The number of ketones is 1. The first kappa shape index (κ1) is 20.4. The van der Waals surface area contributed by atoms with E-state index < -0.39 is 16.5 Å². The molecule has 0 radical (unpaired) electrons. The molecule has 1 aromatic rings. The molecule has 3 N–H and O–H groups in total. The van der Waals surface area contributed by atoms with Crippen LogP contribution in [0.1, 0.15) is 23.7 Å². The Balaban J connectivity index is 1.75. The van der Waals surface area contributed by atoms with Crippen LogP contribution >= 0.6 is 0 Å². The minimum atomic E-state index is -1.32. The molecule has 1 fully saturated rings. The Morgan fingerprint density at radius 2 is 1.83 bits per heavy atom. The minimum absolute atomic E-state index is 0.0290. The van der Waals surface area contributed by atoms with E-state index in [4.69, 9.17) is 0 Å². The van der Waals surface area contributed by atoms with Crippen molar-refractivity contribution in [1.29, 1.82) is 0 Å². The lowest BCUT2D eigenvalue weighted by Gasteiger charge is -2.47. The minimum Gasteiger partial charge on any atom is -0.395 e. The number of aliphatic hydroxyl groups is 1. The van der Waals surface area contributed by atoms with Gasteiger partial charge in [-0.3, -0.25) is 10.0 Å². The van der Waals surface area contributed by atoms with E-state index in [1.807, 2.05) is 38.1 Å². The molecule has 0 aliphatic carbocycles. The molecule has 2 bridgehead atoms. The van der Waals surface area contributed by atoms with Gasteiger partial charge in [-0.1, -0.05) is 6.92 Å². The second-order valence-electron chi connectivity index (χ2n) is 7.92. The van der Waals surface area contributed by atoms with Crippen LogP contribution in [0, 0.1) is 0 Å². The number of quaternary nitrogens is 1. The highest BCUT2D eigenvalue weighted by Gasteiger charge is 2.71. The summed E-state index contributed by atoms with van der Waals surface area (Å²) in [6.45, 7) is 2.22. The quantitative estimate of drug-likeness (QED) is 0.459. The van der Waals surface area contributed by atoms with Crippen molar-refractivity contribution in [3.05, 3.63) is 66.4 Å². The summed E-state index contributed by atoms with van der Waals surface area (Å²) in [5.74, 6) is 0.156. The Morgan fingerprint density at radius 3 is 2.33 bits per heavy atom. The fraction of sp³-hybridized carbons (Fsp3) is 0.381. The van der Waals surface area contributed by atoms with Gasteiger partial charge in [-0.2, -0.15) is 10.3 Å². The SMILES string of the molecule is CCC1N(O)C2=C[N+]1(O)N2C1(C(=O)c2ccc(N(C)C)cc2)C=CN(CCO)C=C1. The molecular formula is C21H28N5O4+. The van der Waals surface area contributed by atoms with E-state index in [9.17, 15) is 20.3 Å². The van der Waals surface area contributed by atoms with Gasteiger partial charge in [0.25, 0.3) is 0 Å². The predicted octanol–water partition coefficient (Wildman–Crippen LogP) is 1.69. The molecule has 0 spiro atoms. The summed E-state index contributed by atoms with van der Waals surface area (Å²) in [4.78, 5) is 17.5. The Kier molecular flexibility index (Phi) is 4.86. The van der Waals surface area contributed by atoms with Crippen LogP contribution in [0.4, 0.5) is 5.69 Å². The van der Waals surface area contributed by atoms with Gasteiger partial charge in [-0.05, 0) is 41.2 Å². The lowest BCUT2D eigenvalue weighted by atomic mass is 9.86. The summed E-state index contributed by atoms with van der Waals surface area (Å²) in [6.07, 6.45) is 8.24. The number of carbonyl (C=O) groups excluding carboxylic acids is 1. The zero-order chi connectivity index (χ0) is 21.7. The summed E-state index contributed by atoms with van der Waals surface area (Å²) in [5, 5.41) is 33.5. The number of benzene rings is 1. The van der Waals surface area contributed by atoms with Crippen LogP contribution in [0.2, 0.25) is 0 Å². The van der Waals surface area contributed by atoms with Crippen LogP contribution in [0.15, 0.2) is 60.8 Å². The van der Waals surface area contributed by atoms with E-state index in [1.165, 1.54) is 11.2 Å². The molecule has 160 valence electrons. The molecule has 1 saturated heterocycles. The molecule has 0 amide bonds. The topological polar surface area (TPSA) is 90.7 Å². The highest BCUT2D eigenvalue weighted by atomic mass is 16.7. The number of β-amino-alcohol motifs (C(OH)–C–C–N with tert-alkyl or cyclic N) is 1. The maximum atomic E-state index is 13.8. The second kappa shape index (κ2) is 7.13. The molecule has 2 unspecified atom stereocenters.